The molecule has 2 atom stereocenters. The number of piperidine rings is 1. The standard InChI is InChI=1S/C18H26ClN7.2C2H6/c1-11-4-3-5-12(14(11)19)22-13-10-21-15-16(23-13)25-17(24-15)26-8-6-18(2,20)7-9-26;2*1-2/h3-5,10,16-17,22-23,25H,6-9,20H2,1-2H3,(H,21,24);2*1-2H3. The van der Waals surface area contributed by atoms with Gasteiger partial charge < -0.3 is 21.7 Å². The van der Waals surface area contributed by atoms with Crippen molar-refractivity contribution >= 4 is 23.1 Å². The van der Waals surface area contributed by atoms with Gasteiger partial charge in [-0.15, -0.1) is 0 Å². The van der Waals surface area contributed by atoms with Crippen LogP contribution in [0.2, 0.25) is 5.02 Å². The molecule has 0 aromatic heterocycles. The summed E-state index contributed by atoms with van der Waals surface area (Å²) in [5.74, 6) is 1.75. The largest absolute Gasteiger partial charge is 0.348 e. The Bertz CT molecular complexity index is 750. The van der Waals surface area contributed by atoms with Gasteiger partial charge >= 0.3 is 0 Å². The number of fused-ring (bicyclic) bond motifs is 1. The molecule has 0 aliphatic carbocycles. The maximum atomic E-state index is 6.38. The van der Waals surface area contributed by atoms with Crippen molar-refractivity contribution in [2.45, 2.75) is 72.4 Å². The van der Waals surface area contributed by atoms with Crippen LogP contribution < -0.4 is 27.0 Å². The van der Waals surface area contributed by atoms with Crippen LogP contribution in [0, 0.1) is 6.92 Å². The van der Waals surface area contributed by atoms with Gasteiger partial charge in [0.05, 0.1) is 10.7 Å². The Morgan fingerprint density at radius 3 is 2.53 bits per heavy atom. The smallest absolute Gasteiger partial charge is 0.160 e. The SMILES string of the molecule is CC.CC.Cc1cccc(NC2=CNC3=NC(N4CCC(C)(N)CC4)NC3N2)c1Cl. The number of anilines is 1. The molecule has 3 aliphatic heterocycles. The molecule has 168 valence electrons. The highest BCUT2D eigenvalue weighted by Crippen LogP contribution is 2.26. The number of aryl methyl sites for hydroxylation is 1. The summed E-state index contributed by atoms with van der Waals surface area (Å²) in [5.41, 5.74) is 8.09. The van der Waals surface area contributed by atoms with Crippen molar-refractivity contribution in [1.29, 1.82) is 0 Å². The number of likely N-dealkylation sites (tertiary alicyclic amines) is 1. The van der Waals surface area contributed by atoms with E-state index in [-0.39, 0.29) is 18.0 Å². The molecule has 0 saturated carbocycles. The first-order valence-electron chi connectivity index (χ1n) is 11.0. The molecule has 0 spiro atoms. The third kappa shape index (κ3) is 5.88. The van der Waals surface area contributed by atoms with Crippen LogP contribution >= 0.6 is 11.6 Å². The fourth-order valence-electron chi connectivity index (χ4n) is 3.47. The van der Waals surface area contributed by atoms with Crippen LogP contribution in [0.5, 0.6) is 0 Å². The summed E-state index contributed by atoms with van der Waals surface area (Å²) in [4.78, 5) is 7.11. The first-order valence-corrected chi connectivity index (χ1v) is 11.4. The second-order valence-corrected chi connectivity index (χ2v) is 7.96. The van der Waals surface area contributed by atoms with Gasteiger partial charge in [-0.05, 0) is 38.3 Å². The second-order valence-electron chi connectivity index (χ2n) is 7.59. The summed E-state index contributed by atoms with van der Waals surface area (Å²) < 4.78 is 0. The van der Waals surface area contributed by atoms with E-state index in [0.717, 1.165) is 53.9 Å². The van der Waals surface area contributed by atoms with Crippen molar-refractivity contribution in [2.75, 3.05) is 18.4 Å². The number of hydrogen-bond acceptors (Lipinski definition) is 7. The molecule has 2 unspecified atom stereocenters. The molecule has 1 saturated heterocycles. The van der Waals surface area contributed by atoms with E-state index in [1.54, 1.807) is 0 Å². The monoisotopic (exact) mass is 435 g/mol. The summed E-state index contributed by atoms with van der Waals surface area (Å²) in [6.07, 6.45) is 3.77. The van der Waals surface area contributed by atoms with Gasteiger partial charge in [0.1, 0.15) is 17.8 Å². The molecule has 7 nitrogen and oxygen atoms in total. The van der Waals surface area contributed by atoms with Crippen LogP contribution in [-0.4, -0.2) is 41.8 Å². The molecule has 3 heterocycles. The highest BCUT2D eigenvalue weighted by Gasteiger charge is 2.36. The first-order chi connectivity index (χ1) is 14.4. The van der Waals surface area contributed by atoms with E-state index in [2.05, 4.69) is 33.1 Å². The lowest BCUT2D eigenvalue weighted by molar-refractivity contribution is 0.110. The van der Waals surface area contributed by atoms with E-state index in [1.165, 1.54) is 0 Å². The van der Waals surface area contributed by atoms with Gasteiger partial charge in [0, 0.05) is 24.8 Å². The van der Waals surface area contributed by atoms with Crippen LogP contribution in [0.15, 0.2) is 35.2 Å². The first kappa shape index (κ1) is 24.5. The average molecular weight is 436 g/mol. The predicted molar refractivity (Wildman–Crippen MR) is 128 cm³/mol. The third-order valence-electron chi connectivity index (χ3n) is 5.26. The van der Waals surface area contributed by atoms with Gasteiger partial charge in [-0.25, -0.2) is 4.99 Å². The quantitative estimate of drug-likeness (QED) is 0.499. The van der Waals surface area contributed by atoms with Gasteiger partial charge in [0.15, 0.2) is 6.29 Å². The molecule has 1 aromatic rings. The molecule has 0 bridgehead atoms. The predicted octanol–water partition coefficient (Wildman–Crippen LogP) is 3.53. The summed E-state index contributed by atoms with van der Waals surface area (Å²) >= 11 is 6.38. The van der Waals surface area contributed by atoms with Gasteiger partial charge in [-0.3, -0.25) is 10.2 Å². The zero-order chi connectivity index (χ0) is 22.3. The zero-order valence-corrected chi connectivity index (χ0v) is 19.9. The van der Waals surface area contributed by atoms with E-state index in [1.807, 2.05) is 59.0 Å². The minimum Gasteiger partial charge on any atom is -0.348 e. The Morgan fingerprint density at radius 1 is 1.20 bits per heavy atom. The highest BCUT2D eigenvalue weighted by atomic mass is 35.5. The number of halogens is 1. The fraction of sp³-hybridized carbons (Fsp3) is 0.591. The Morgan fingerprint density at radius 2 is 1.87 bits per heavy atom. The number of benzene rings is 1. The zero-order valence-electron chi connectivity index (χ0n) is 19.1. The lowest BCUT2D eigenvalue weighted by Crippen LogP contribution is -2.57. The molecule has 30 heavy (non-hydrogen) atoms. The second kappa shape index (κ2) is 11.0. The maximum absolute atomic E-state index is 6.38. The molecule has 1 fully saturated rings. The van der Waals surface area contributed by atoms with Crippen molar-refractivity contribution in [3.05, 3.63) is 40.8 Å². The van der Waals surface area contributed by atoms with Gasteiger partial charge in [-0.1, -0.05) is 51.4 Å². The van der Waals surface area contributed by atoms with Gasteiger partial charge in [0.2, 0.25) is 0 Å². The highest BCUT2D eigenvalue weighted by molar-refractivity contribution is 6.34. The van der Waals surface area contributed by atoms with Crippen LogP contribution in [0.1, 0.15) is 53.0 Å². The number of nitrogens with one attached hydrogen (secondary N) is 4. The van der Waals surface area contributed by atoms with Gasteiger partial charge in [0.25, 0.3) is 0 Å². The number of amidine groups is 1. The summed E-state index contributed by atoms with van der Waals surface area (Å²) in [7, 11) is 0. The summed E-state index contributed by atoms with van der Waals surface area (Å²) in [5, 5.41) is 14.3. The van der Waals surface area contributed by atoms with E-state index >= 15 is 0 Å². The number of hydrogen-bond donors (Lipinski definition) is 5. The normalized spacial score (nSPS) is 24.4. The molecule has 1 aromatic carbocycles. The summed E-state index contributed by atoms with van der Waals surface area (Å²) in [6, 6.07) is 5.94. The van der Waals surface area contributed by atoms with Crippen molar-refractivity contribution < 1.29 is 0 Å². The van der Waals surface area contributed by atoms with Crippen LogP contribution in [0.25, 0.3) is 0 Å². The Hall–Kier alpha value is -1.80. The minimum atomic E-state index is -0.0583. The minimum absolute atomic E-state index is 0.0265. The molecule has 0 radical (unpaired) electrons. The lowest BCUT2D eigenvalue weighted by Gasteiger charge is -2.38. The van der Waals surface area contributed by atoms with Gasteiger partial charge in [-0.2, -0.15) is 0 Å². The summed E-state index contributed by atoms with van der Waals surface area (Å²) in [6.45, 7) is 14.0. The Labute approximate surface area is 186 Å². The molecular weight excluding hydrogens is 398 g/mol. The van der Waals surface area contributed by atoms with E-state index in [9.17, 15) is 0 Å². The number of rotatable bonds is 3. The van der Waals surface area contributed by atoms with E-state index in [0.29, 0.717) is 0 Å². The van der Waals surface area contributed by atoms with Crippen LogP contribution in [0.4, 0.5) is 5.69 Å². The number of nitrogens with zero attached hydrogens (tertiary/aromatic N) is 2. The molecule has 6 N–H and O–H groups in total. The van der Waals surface area contributed by atoms with Crippen molar-refractivity contribution in [1.82, 2.24) is 20.9 Å². The van der Waals surface area contributed by atoms with Crippen LogP contribution in [0.3, 0.4) is 0 Å². The number of nitrogens with two attached hydrogens (primary N) is 1. The van der Waals surface area contributed by atoms with Crippen molar-refractivity contribution in [3.8, 4) is 0 Å². The van der Waals surface area contributed by atoms with E-state index < -0.39 is 0 Å². The average Bonchev–Trinajstić information content (AvgIpc) is 3.17. The van der Waals surface area contributed by atoms with Crippen molar-refractivity contribution in [3.63, 3.8) is 0 Å². The van der Waals surface area contributed by atoms with Crippen LogP contribution in [-0.2, 0) is 0 Å². The fourth-order valence-corrected chi connectivity index (χ4v) is 3.65. The molecule has 8 heteroatoms. The molecular formula is C22H38ClN7. The maximum Gasteiger partial charge on any atom is 0.160 e. The Balaban J connectivity index is 0.000000757. The molecule has 3 aliphatic rings. The topological polar surface area (TPSA) is 89.7 Å². The third-order valence-corrected chi connectivity index (χ3v) is 5.76. The Kier molecular flexibility index (Phi) is 8.97. The van der Waals surface area contributed by atoms with Crippen molar-refractivity contribution in [2.24, 2.45) is 10.7 Å². The number of aliphatic imine (C=N–C) groups is 1. The van der Waals surface area contributed by atoms with E-state index in [4.69, 9.17) is 22.3 Å². The molecule has 0 amide bonds. The molecule has 4 rings (SSSR count). The lowest BCUT2D eigenvalue weighted by atomic mass is 9.91.